The monoisotopic (exact) mass is 289 g/mol. The van der Waals surface area contributed by atoms with Gasteiger partial charge in [-0.15, -0.1) is 0 Å². The largest absolute Gasteiger partial charge is 0.507 e. The summed E-state index contributed by atoms with van der Waals surface area (Å²) in [5, 5.41) is 26.8. The van der Waals surface area contributed by atoms with E-state index in [0.29, 0.717) is 5.56 Å². The number of hydrogen-bond acceptors (Lipinski definition) is 4. The molecule has 0 bridgehead atoms. The van der Waals surface area contributed by atoms with Crippen LogP contribution in [0.5, 0.6) is 5.75 Å². The summed E-state index contributed by atoms with van der Waals surface area (Å²) in [7, 11) is 1.75. The lowest BCUT2D eigenvalue weighted by Gasteiger charge is -2.22. The first-order valence-corrected chi connectivity index (χ1v) is 6.59. The first kappa shape index (κ1) is 15.1. The van der Waals surface area contributed by atoms with Gasteiger partial charge in [-0.1, -0.05) is 6.07 Å². The molecule has 3 N–H and O–H groups in total. The second kappa shape index (κ2) is 5.57. The van der Waals surface area contributed by atoms with E-state index in [9.17, 15) is 15.0 Å². The highest BCUT2D eigenvalue weighted by molar-refractivity contribution is 5.96. The van der Waals surface area contributed by atoms with Crippen molar-refractivity contribution in [3.8, 4) is 5.75 Å². The molecule has 2 rings (SSSR count). The maximum Gasteiger partial charge on any atom is 0.255 e. The van der Waals surface area contributed by atoms with Gasteiger partial charge < -0.3 is 15.5 Å². The summed E-state index contributed by atoms with van der Waals surface area (Å²) in [5.74, 6) is -0.509. The Balaban J connectivity index is 2.06. The average Bonchev–Trinajstić information content (AvgIpc) is 2.84. The fourth-order valence-corrected chi connectivity index (χ4v) is 1.98. The minimum atomic E-state index is -1.23. The quantitative estimate of drug-likeness (QED) is 0.785. The molecule has 1 unspecified atom stereocenters. The van der Waals surface area contributed by atoms with Crippen molar-refractivity contribution in [2.24, 2.45) is 7.05 Å². The molecule has 112 valence electrons. The van der Waals surface area contributed by atoms with Crippen LogP contribution in [0.3, 0.4) is 0 Å². The number of nitrogens with one attached hydrogen (secondary N) is 1. The Kier molecular flexibility index (Phi) is 3.99. The molecule has 0 saturated carbocycles. The maximum atomic E-state index is 12.1. The van der Waals surface area contributed by atoms with Crippen LogP contribution in [-0.4, -0.2) is 32.4 Å². The Hall–Kier alpha value is -2.34. The molecule has 0 fully saturated rings. The molecular formula is C15H19N3O3. The van der Waals surface area contributed by atoms with Gasteiger partial charge in [-0.2, -0.15) is 5.10 Å². The topological polar surface area (TPSA) is 87.4 Å². The van der Waals surface area contributed by atoms with E-state index in [1.165, 1.54) is 6.07 Å². The molecule has 21 heavy (non-hydrogen) atoms. The predicted octanol–water partition coefficient (Wildman–Crippen LogP) is 1.07. The molecule has 0 aliphatic heterocycles. The van der Waals surface area contributed by atoms with Crippen molar-refractivity contribution < 1.29 is 15.0 Å². The number of benzene rings is 1. The van der Waals surface area contributed by atoms with E-state index in [4.69, 9.17) is 0 Å². The summed E-state index contributed by atoms with van der Waals surface area (Å²) in [5.41, 5.74) is 0.428. The highest BCUT2D eigenvalue weighted by atomic mass is 16.3. The number of carbonyl (C=O) groups is 1. The molecule has 1 aromatic carbocycles. The van der Waals surface area contributed by atoms with Crippen molar-refractivity contribution in [1.29, 1.82) is 0 Å². The van der Waals surface area contributed by atoms with E-state index in [0.717, 1.165) is 5.56 Å². The van der Waals surface area contributed by atoms with Crippen molar-refractivity contribution in [3.05, 3.63) is 47.3 Å². The van der Waals surface area contributed by atoms with Crippen LogP contribution >= 0.6 is 0 Å². The number of hydrogen-bond donors (Lipinski definition) is 3. The number of nitrogens with zero attached hydrogens (tertiary/aromatic N) is 2. The van der Waals surface area contributed by atoms with E-state index in [-0.39, 0.29) is 17.9 Å². The molecule has 2 aromatic rings. The molecule has 0 saturated heterocycles. The summed E-state index contributed by atoms with van der Waals surface area (Å²) in [6.07, 6.45) is 3.24. The zero-order valence-electron chi connectivity index (χ0n) is 12.3. The first-order valence-electron chi connectivity index (χ1n) is 6.59. The van der Waals surface area contributed by atoms with Gasteiger partial charge in [0.15, 0.2) is 0 Å². The molecule has 0 radical (unpaired) electrons. The third-order valence-electron chi connectivity index (χ3n) is 3.32. The number of rotatable bonds is 4. The third-order valence-corrected chi connectivity index (χ3v) is 3.32. The molecular weight excluding hydrogens is 270 g/mol. The number of amides is 1. The Bertz CT molecular complexity index is 662. The number of aromatic nitrogens is 2. The Morgan fingerprint density at radius 2 is 2.19 bits per heavy atom. The van der Waals surface area contributed by atoms with Crippen LogP contribution in [0.15, 0.2) is 30.6 Å². The molecule has 1 aromatic heterocycles. The molecule has 6 nitrogen and oxygen atoms in total. The zero-order chi connectivity index (χ0) is 15.6. The number of phenolic OH excluding ortho intramolecular Hbond substituents is 1. The molecule has 6 heteroatoms. The van der Waals surface area contributed by atoms with Gasteiger partial charge in [0.25, 0.3) is 5.91 Å². The molecule has 0 aliphatic carbocycles. The van der Waals surface area contributed by atoms with E-state index in [1.807, 2.05) is 6.92 Å². The third kappa shape index (κ3) is 3.41. The van der Waals surface area contributed by atoms with Crippen LogP contribution in [-0.2, 0) is 12.6 Å². The number of carbonyl (C=O) groups excluding carboxylic acids is 1. The van der Waals surface area contributed by atoms with Crippen molar-refractivity contribution in [1.82, 2.24) is 15.1 Å². The van der Waals surface area contributed by atoms with Crippen molar-refractivity contribution >= 4 is 5.91 Å². The number of aryl methyl sites for hydroxylation is 2. The SMILES string of the molecule is Cc1ccc(C(=O)NCC(C)(O)c2cnn(C)c2)c(O)c1. The van der Waals surface area contributed by atoms with Gasteiger partial charge in [-0.3, -0.25) is 9.48 Å². The van der Waals surface area contributed by atoms with Gasteiger partial charge >= 0.3 is 0 Å². The van der Waals surface area contributed by atoms with Crippen LogP contribution in [0.2, 0.25) is 0 Å². The van der Waals surface area contributed by atoms with E-state index < -0.39 is 11.5 Å². The summed E-state index contributed by atoms with van der Waals surface area (Å²) in [4.78, 5) is 12.1. The second-order valence-electron chi connectivity index (χ2n) is 5.38. The maximum absolute atomic E-state index is 12.1. The Labute approximate surface area is 123 Å². The first-order chi connectivity index (χ1) is 9.79. The van der Waals surface area contributed by atoms with E-state index in [2.05, 4.69) is 10.4 Å². The molecule has 0 spiro atoms. The van der Waals surface area contributed by atoms with Gasteiger partial charge in [0, 0.05) is 18.8 Å². The fraction of sp³-hybridized carbons (Fsp3) is 0.333. The molecule has 1 amide bonds. The lowest BCUT2D eigenvalue weighted by molar-refractivity contribution is 0.0525. The van der Waals surface area contributed by atoms with Crippen LogP contribution in [0.1, 0.15) is 28.4 Å². The fourth-order valence-electron chi connectivity index (χ4n) is 1.98. The average molecular weight is 289 g/mol. The molecule has 0 aliphatic rings. The van der Waals surface area contributed by atoms with Crippen LogP contribution in [0.4, 0.5) is 0 Å². The normalized spacial score (nSPS) is 13.7. The second-order valence-corrected chi connectivity index (χ2v) is 5.38. The number of aromatic hydroxyl groups is 1. The standard InChI is InChI=1S/C15H19N3O3/c1-10-4-5-12(13(19)6-10)14(20)16-9-15(2,21)11-7-17-18(3)8-11/h4-8,19,21H,9H2,1-3H3,(H,16,20). The zero-order valence-corrected chi connectivity index (χ0v) is 12.3. The lowest BCUT2D eigenvalue weighted by Crippen LogP contribution is -2.38. The van der Waals surface area contributed by atoms with Gasteiger partial charge in [-0.05, 0) is 31.5 Å². The van der Waals surface area contributed by atoms with Crippen LogP contribution in [0.25, 0.3) is 0 Å². The van der Waals surface area contributed by atoms with E-state index >= 15 is 0 Å². The van der Waals surface area contributed by atoms with Gasteiger partial charge in [0.05, 0.1) is 18.3 Å². The summed E-state index contributed by atoms with van der Waals surface area (Å²) < 4.78 is 1.58. The highest BCUT2D eigenvalue weighted by Gasteiger charge is 2.26. The molecule has 1 atom stereocenters. The van der Waals surface area contributed by atoms with Crippen molar-refractivity contribution in [3.63, 3.8) is 0 Å². The smallest absolute Gasteiger partial charge is 0.255 e. The highest BCUT2D eigenvalue weighted by Crippen LogP contribution is 2.21. The minimum absolute atomic E-state index is 0.0187. The van der Waals surface area contributed by atoms with Crippen LogP contribution < -0.4 is 5.32 Å². The van der Waals surface area contributed by atoms with Gasteiger partial charge in [-0.25, -0.2) is 0 Å². The number of phenols is 1. The lowest BCUT2D eigenvalue weighted by atomic mass is 9.99. The van der Waals surface area contributed by atoms with Crippen LogP contribution in [0, 0.1) is 6.92 Å². The summed E-state index contributed by atoms with van der Waals surface area (Å²) >= 11 is 0. The van der Waals surface area contributed by atoms with Gasteiger partial charge in [0.2, 0.25) is 0 Å². The van der Waals surface area contributed by atoms with Crippen molar-refractivity contribution in [2.45, 2.75) is 19.4 Å². The Morgan fingerprint density at radius 3 is 2.76 bits per heavy atom. The summed E-state index contributed by atoms with van der Waals surface area (Å²) in [6, 6.07) is 4.82. The van der Waals surface area contributed by atoms with E-state index in [1.54, 1.807) is 43.2 Å². The van der Waals surface area contributed by atoms with Crippen molar-refractivity contribution in [2.75, 3.05) is 6.54 Å². The Morgan fingerprint density at radius 1 is 1.48 bits per heavy atom. The summed E-state index contributed by atoms with van der Waals surface area (Å²) in [6.45, 7) is 3.44. The number of aliphatic hydroxyl groups is 1. The molecule has 1 heterocycles. The van der Waals surface area contributed by atoms with Gasteiger partial charge in [0.1, 0.15) is 11.4 Å². The minimum Gasteiger partial charge on any atom is -0.507 e. The predicted molar refractivity (Wildman–Crippen MR) is 78.0 cm³/mol.